The zero-order valence-corrected chi connectivity index (χ0v) is 19.4. The van der Waals surface area contributed by atoms with Crippen LogP contribution in [0.4, 0.5) is 0 Å². The Balaban J connectivity index is 1.67. The summed E-state index contributed by atoms with van der Waals surface area (Å²) in [4.78, 5) is 28.4. The van der Waals surface area contributed by atoms with Crippen molar-refractivity contribution in [3.8, 4) is 0 Å². The summed E-state index contributed by atoms with van der Waals surface area (Å²) in [7, 11) is -3.56. The predicted octanol–water partition coefficient (Wildman–Crippen LogP) is 1.14. The minimum atomic E-state index is -3.56. The lowest BCUT2D eigenvalue weighted by Gasteiger charge is -2.34. The van der Waals surface area contributed by atoms with Gasteiger partial charge in [-0.1, -0.05) is 19.3 Å². The Kier molecular flexibility index (Phi) is 7.71. The van der Waals surface area contributed by atoms with Crippen molar-refractivity contribution < 1.29 is 18.0 Å². The zero-order valence-electron chi connectivity index (χ0n) is 17.7. The van der Waals surface area contributed by atoms with Crippen LogP contribution in [-0.2, 0) is 26.2 Å². The first-order valence-electron chi connectivity index (χ1n) is 10.6. The Bertz CT molecular complexity index is 924. The summed E-state index contributed by atoms with van der Waals surface area (Å²) in [6.07, 6.45) is 6.99. The summed E-state index contributed by atoms with van der Waals surface area (Å²) in [5, 5.41) is 12.2. The van der Waals surface area contributed by atoms with Crippen LogP contribution in [0.2, 0.25) is 0 Å². The molecule has 0 bridgehead atoms. The molecule has 1 aromatic heterocycles. The number of hydrogen-bond acceptors (Lipinski definition) is 6. The fraction of sp³-hybridized carbons (Fsp3) is 0.650. The van der Waals surface area contributed by atoms with Gasteiger partial charge >= 0.3 is 0 Å². The smallest absolute Gasteiger partial charge is 0.243 e. The van der Waals surface area contributed by atoms with E-state index in [1.165, 1.54) is 11.3 Å². The van der Waals surface area contributed by atoms with Crippen LogP contribution in [-0.4, -0.2) is 55.9 Å². The number of nitrogens with zero attached hydrogens (tertiary/aromatic N) is 1. The third-order valence-corrected chi connectivity index (χ3v) is 7.65. The van der Waals surface area contributed by atoms with Crippen LogP contribution in [0.15, 0.2) is 11.4 Å². The van der Waals surface area contributed by atoms with Crippen LogP contribution in [0.3, 0.4) is 0 Å². The number of nitrogen functional groups attached to an aromatic ring is 1. The molecule has 5 N–H and O–H groups in total. The lowest BCUT2D eigenvalue weighted by molar-refractivity contribution is -0.141. The van der Waals surface area contributed by atoms with Gasteiger partial charge in [0.25, 0.3) is 0 Å². The Morgan fingerprint density at radius 1 is 1.26 bits per heavy atom. The van der Waals surface area contributed by atoms with E-state index in [-0.39, 0.29) is 30.1 Å². The number of carbonyl (C=O) groups excluding carboxylic acids is 2. The molecule has 1 aromatic rings. The van der Waals surface area contributed by atoms with E-state index in [0.717, 1.165) is 43.9 Å². The summed E-state index contributed by atoms with van der Waals surface area (Å²) < 4.78 is 26.4. The molecule has 2 heterocycles. The van der Waals surface area contributed by atoms with Gasteiger partial charge in [-0.3, -0.25) is 15.0 Å². The second-order valence-corrected chi connectivity index (χ2v) is 11.1. The molecule has 2 unspecified atom stereocenters. The van der Waals surface area contributed by atoms with Crippen LogP contribution in [0, 0.1) is 11.3 Å². The van der Waals surface area contributed by atoms with Gasteiger partial charge in [-0.05, 0) is 48.6 Å². The van der Waals surface area contributed by atoms with E-state index in [4.69, 9.17) is 11.1 Å². The lowest BCUT2D eigenvalue weighted by Crippen LogP contribution is -2.55. The number of sulfonamides is 1. The van der Waals surface area contributed by atoms with Crippen molar-refractivity contribution in [2.75, 3.05) is 12.8 Å². The maximum absolute atomic E-state index is 13.4. The standard InChI is InChI=1S/C20H31N5O4S2/c1-31(28,29)24-17(14-6-3-2-4-7-14)20(27)25-9-5-8-15(25)19(26)23-11-13-10-16(18(21)22)30-12-13/h10,12,14-15,17,24H,2-9,11H2,1H3,(H3,21,22)(H,23,26). The molecule has 11 heteroatoms. The number of amidine groups is 1. The van der Waals surface area contributed by atoms with Crippen LogP contribution in [0.25, 0.3) is 0 Å². The SMILES string of the molecule is CS(=O)(=O)NC(C(=O)N1CCCC1C(=O)NCc1csc(C(=N)N)c1)C1CCCCC1. The quantitative estimate of drug-likeness (QED) is 0.333. The van der Waals surface area contributed by atoms with Crippen LogP contribution >= 0.6 is 11.3 Å². The molecular weight excluding hydrogens is 438 g/mol. The fourth-order valence-electron chi connectivity index (χ4n) is 4.44. The fourth-order valence-corrected chi connectivity index (χ4v) is 5.98. The van der Waals surface area contributed by atoms with E-state index in [1.807, 2.05) is 5.38 Å². The van der Waals surface area contributed by atoms with Crippen molar-refractivity contribution >= 4 is 39.0 Å². The molecule has 1 aliphatic carbocycles. The molecule has 1 saturated carbocycles. The van der Waals surface area contributed by atoms with Gasteiger partial charge in [0.05, 0.1) is 11.1 Å². The van der Waals surface area contributed by atoms with E-state index >= 15 is 0 Å². The van der Waals surface area contributed by atoms with Crippen molar-refractivity contribution in [3.05, 3.63) is 21.9 Å². The Morgan fingerprint density at radius 3 is 2.58 bits per heavy atom. The van der Waals surface area contributed by atoms with Gasteiger partial charge in [-0.2, -0.15) is 0 Å². The maximum atomic E-state index is 13.4. The average molecular weight is 470 g/mol. The van der Waals surface area contributed by atoms with Gasteiger partial charge in [0.15, 0.2) is 0 Å². The third-order valence-electron chi connectivity index (χ3n) is 5.95. The second kappa shape index (κ2) is 10.1. The molecule has 1 saturated heterocycles. The highest BCUT2D eigenvalue weighted by molar-refractivity contribution is 7.88. The number of hydrogen-bond donors (Lipinski definition) is 4. The third kappa shape index (κ3) is 6.27. The topological polar surface area (TPSA) is 145 Å². The molecule has 0 spiro atoms. The maximum Gasteiger partial charge on any atom is 0.243 e. The van der Waals surface area contributed by atoms with Crippen LogP contribution < -0.4 is 15.8 Å². The van der Waals surface area contributed by atoms with Crippen molar-refractivity contribution in [2.24, 2.45) is 11.7 Å². The van der Waals surface area contributed by atoms with E-state index in [2.05, 4.69) is 10.0 Å². The first-order chi connectivity index (χ1) is 14.7. The molecule has 172 valence electrons. The number of thiophene rings is 1. The molecule has 31 heavy (non-hydrogen) atoms. The molecule has 2 atom stereocenters. The van der Waals surface area contributed by atoms with Gasteiger partial charge in [-0.25, -0.2) is 13.1 Å². The summed E-state index contributed by atoms with van der Waals surface area (Å²) in [6, 6.07) is 0.338. The van der Waals surface area contributed by atoms with Gasteiger partial charge < -0.3 is 16.0 Å². The number of carbonyl (C=O) groups is 2. The average Bonchev–Trinajstić information content (AvgIpc) is 3.39. The molecule has 3 rings (SSSR count). The van der Waals surface area contributed by atoms with Gasteiger partial charge in [0, 0.05) is 13.1 Å². The van der Waals surface area contributed by atoms with Gasteiger partial charge in [-0.15, -0.1) is 11.3 Å². The van der Waals surface area contributed by atoms with E-state index in [1.54, 1.807) is 11.0 Å². The molecule has 1 aliphatic heterocycles. The largest absolute Gasteiger partial charge is 0.383 e. The lowest BCUT2D eigenvalue weighted by atomic mass is 9.83. The van der Waals surface area contributed by atoms with Gasteiger partial charge in [0.1, 0.15) is 17.9 Å². The summed E-state index contributed by atoms with van der Waals surface area (Å²) in [6.45, 7) is 0.729. The highest BCUT2D eigenvalue weighted by atomic mass is 32.2. The summed E-state index contributed by atoms with van der Waals surface area (Å²) >= 11 is 1.34. The normalized spacial score (nSPS) is 21.1. The molecule has 2 aliphatic rings. The minimum absolute atomic E-state index is 0.0118. The van der Waals surface area contributed by atoms with Crippen molar-refractivity contribution in [1.82, 2.24) is 14.9 Å². The predicted molar refractivity (Wildman–Crippen MR) is 120 cm³/mol. The minimum Gasteiger partial charge on any atom is -0.383 e. The highest BCUT2D eigenvalue weighted by Gasteiger charge is 2.40. The van der Waals surface area contributed by atoms with Crippen LogP contribution in [0.5, 0.6) is 0 Å². The zero-order chi connectivity index (χ0) is 22.6. The number of rotatable bonds is 8. The first kappa shape index (κ1) is 23.7. The molecule has 9 nitrogen and oxygen atoms in total. The monoisotopic (exact) mass is 469 g/mol. The molecular formula is C20H31N5O4S2. The number of amides is 2. The number of nitrogens with one attached hydrogen (secondary N) is 3. The molecule has 0 aromatic carbocycles. The first-order valence-corrected chi connectivity index (χ1v) is 13.4. The van der Waals surface area contributed by atoms with E-state index < -0.39 is 22.1 Å². The molecule has 2 amide bonds. The molecule has 2 fully saturated rings. The van der Waals surface area contributed by atoms with Crippen molar-refractivity contribution in [1.29, 1.82) is 5.41 Å². The highest BCUT2D eigenvalue weighted by Crippen LogP contribution is 2.29. The Hall–Kier alpha value is -1.98. The van der Waals surface area contributed by atoms with Gasteiger partial charge in [0.2, 0.25) is 21.8 Å². The number of likely N-dealkylation sites (tertiary alicyclic amines) is 1. The molecule has 0 radical (unpaired) electrons. The second-order valence-electron chi connectivity index (χ2n) is 8.41. The van der Waals surface area contributed by atoms with Crippen molar-refractivity contribution in [2.45, 2.75) is 63.6 Å². The van der Waals surface area contributed by atoms with E-state index in [0.29, 0.717) is 24.3 Å². The van der Waals surface area contributed by atoms with Crippen molar-refractivity contribution in [3.63, 3.8) is 0 Å². The Morgan fingerprint density at radius 2 is 1.97 bits per heavy atom. The van der Waals surface area contributed by atoms with Crippen LogP contribution in [0.1, 0.15) is 55.4 Å². The summed E-state index contributed by atoms with van der Waals surface area (Å²) in [5.41, 5.74) is 6.33. The van der Waals surface area contributed by atoms with E-state index in [9.17, 15) is 18.0 Å². The Labute approximate surface area is 187 Å². The summed E-state index contributed by atoms with van der Waals surface area (Å²) in [5.74, 6) is -0.606. The number of nitrogens with two attached hydrogens (primary N) is 1.